The summed E-state index contributed by atoms with van der Waals surface area (Å²) in [4.78, 5) is 15.5. The number of methoxy groups -OCH3 is 1. The van der Waals surface area contributed by atoms with Crippen molar-refractivity contribution in [2.75, 3.05) is 13.7 Å². The molecule has 0 radical (unpaired) electrons. The lowest BCUT2D eigenvalue weighted by molar-refractivity contribution is 0.195. The Morgan fingerprint density at radius 1 is 1.58 bits per heavy atom. The van der Waals surface area contributed by atoms with Gasteiger partial charge in [0.15, 0.2) is 5.65 Å². The average Bonchev–Trinajstić information content (AvgIpc) is 2.82. The molecule has 0 spiro atoms. The van der Waals surface area contributed by atoms with E-state index in [2.05, 4.69) is 10.1 Å². The van der Waals surface area contributed by atoms with Crippen molar-refractivity contribution in [3.8, 4) is 6.07 Å². The zero-order valence-electron chi connectivity index (χ0n) is 11.1. The number of ether oxygens (including phenoxy) is 1. The highest BCUT2D eigenvalue weighted by molar-refractivity contribution is 5.54. The van der Waals surface area contributed by atoms with E-state index in [1.807, 2.05) is 13.0 Å². The Balaban J connectivity index is 2.55. The number of fused-ring (bicyclic) bond motifs is 1. The van der Waals surface area contributed by atoms with Crippen molar-refractivity contribution in [1.82, 2.24) is 14.6 Å². The van der Waals surface area contributed by atoms with Gasteiger partial charge in [-0.05, 0) is 19.3 Å². The Labute approximate surface area is 110 Å². The number of aryl methyl sites for hydroxylation is 1. The second-order valence-corrected chi connectivity index (χ2v) is 4.27. The van der Waals surface area contributed by atoms with Crippen LogP contribution in [-0.4, -0.2) is 28.3 Å². The first-order valence-corrected chi connectivity index (χ1v) is 6.23. The van der Waals surface area contributed by atoms with Crippen molar-refractivity contribution in [3.05, 3.63) is 33.4 Å². The normalized spacial score (nSPS) is 10.8. The molecule has 0 aliphatic carbocycles. The van der Waals surface area contributed by atoms with Crippen molar-refractivity contribution in [3.63, 3.8) is 0 Å². The van der Waals surface area contributed by atoms with E-state index in [0.717, 1.165) is 24.1 Å². The number of rotatable bonds is 5. The minimum atomic E-state index is -0.148. The predicted molar refractivity (Wildman–Crippen MR) is 70.1 cm³/mol. The van der Waals surface area contributed by atoms with Gasteiger partial charge in [0.1, 0.15) is 11.6 Å². The van der Waals surface area contributed by atoms with Crippen LogP contribution in [0.5, 0.6) is 0 Å². The molecule has 0 amide bonds. The van der Waals surface area contributed by atoms with Gasteiger partial charge >= 0.3 is 0 Å². The van der Waals surface area contributed by atoms with Gasteiger partial charge in [0, 0.05) is 25.0 Å². The van der Waals surface area contributed by atoms with Crippen molar-refractivity contribution in [2.45, 2.75) is 26.2 Å². The molecule has 100 valence electrons. The van der Waals surface area contributed by atoms with E-state index in [9.17, 15) is 4.79 Å². The molecule has 2 rings (SSSR count). The zero-order valence-corrected chi connectivity index (χ0v) is 11.1. The largest absolute Gasteiger partial charge is 0.385 e. The van der Waals surface area contributed by atoms with E-state index >= 15 is 0 Å². The summed E-state index contributed by atoms with van der Waals surface area (Å²) >= 11 is 0. The third kappa shape index (κ3) is 2.37. The standard InChI is InChI=1S/C13H16N4O2/c1-3-10-11(5-4-6-19-2)16-12-9(7-14)8-15-17(12)13(10)18/h8,16H,3-6H2,1-2H3. The Morgan fingerprint density at radius 2 is 2.37 bits per heavy atom. The summed E-state index contributed by atoms with van der Waals surface area (Å²) in [7, 11) is 1.65. The van der Waals surface area contributed by atoms with Crippen LogP contribution >= 0.6 is 0 Å². The number of hydrogen-bond donors (Lipinski definition) is 1. The monoisotopic (exact) mass is 260 g/mol. The van der Waals surface area contributed by atoms with Gasteiger partial charge in [-0.3, -0.25) is 4.79 Å². The van der Waals surface area contributed by atoms with Crippen LogP contribution in [0.1, 0.15) is 30.2 Å². The molecule has 2 aromatic heterocycles. The molecule has 0 bridgehead atoms. The predicted octanol–water partition coefficient (Wildman–Crippen LogP) is 1.04. The first kappa shape index (κ1) is 13.3. The Kier molecular flexibility index (Phi) is 3.97. The van der Waals surface area contributed by atoms with E-state index in [4.69, 9.17) is 10.00 Å². The first-order valence-electron chi connectivity index (χ1n) is 6.23. The van der Waals surface area contributed by atoms with Crippen molar-refractivity contribution < 1.29 is 4.74 Å². The molecule has 19 heavy (non-hydrogen) atoms. The lowest BCUT2D eigenvalue weighted by Crippen LogP contribution is -2.22. The van der Waals surface area contributed by atoms with E-state index in [1.165, 1.54) is 10.7 Å². The number of H-pyrrole nitrogens is 1. The Bertz CT molecular complexity index is 678. The van der Waals surface area contributed by atoms with Crippen molar-refractivity contribution in [1.29, 1.82) is 5.26 Å². The molecule has 6 nitrogen and oxygen atoms in total. The molecule has 2 aromatic rings. The zero-order chi connectivity index (χ0) is 13.8. The van der Waals surface area contributed by atoms with Gasteiger partial charge in [0.25, 0.3) is 5.56 Å². The Morgan fingerprint density at radius 3 is 3.00 bits per heavy atom. The van der Waals surface area contributed by atoms with Crippen LogP contribution in [0.25, 0.3) is 5.65 Å². The molecule has 0 unspecified atom stereocenters. The first-order chi connectivity index (χ1) is 9.22. The molecule has 0 aromatic carbocycles. The number of hydrogen-bond acceptors (Lipinski definition) is 4. The fraction of sp³-hybridized carbons (Fsp3) is 0.462. The van der Waals surface area contributed by atoms with Gasteiger partial charge in [-0.2, -0.15) is 14.9 Å². The van der Waals surface area contributed by atoms with Crippen LogP contribution in [0.2, 0.25) is 0 Å². The minimum absolute atomic E-state index is 0.148. The highest BCUT2D eigenvalue weighted by Gasteiger charge is 2.13. The molecular formula is C13H16N4O2. The summed E-state index contributed by atoms with van der Waals surface area (Å²) < 4.78 is 6.28. The molecule has 6 heteroatoms. The summed E-state index contributed by atoms with van der Waals surface area (Å²) in [5.41, 5.74) is 2.29. The number of aromatic nitrogens is 3. The number of nitrogens with zero attached hydrogens (tertiary/aromatic N) is 3. The lowest BCUT2D eigenvalue weighted by atomic mass is 10.1. The minimum Gasteiger partial charge on any atom is -0.385 e. The van der Waals surface area contributed by atoms with Crippen LogP contribution in [0.3, 0.4) is 0 Å². The summed E-state index contributed by atoms with van der Waals surface area (Å²) in [6.45, 7) is 2.58. The lowest BCUT2D eigenvalue weighted by Gasteiger charge is -2.08. The van der Waals surface area contributed by atoms with Gasteiger partial charge in [-0.1, -0.05) is 6.92 Å². The van der Waals surface area contributed by atoms with E-state index in [1.54, 1.807) is 7.11 Å². The van der Waals surface area contributed by atoms with E-state index in [-0.39, 0.29) is 5.56 Å². The molecule has 0 aliphatic heterocycles. The van der Waals surface area contributed by atoms with Gasteiger partial charge < -0.3 is 9.72 Å². The molecule has 1 N–H and O–H groups in total. The summed E-state index contributed by atoms with van der Waals surface area (Å²) in [6, 6.07) is 2.03. The maximum Gasteiger partial charge on any atom is 0.277 e. The van der Waals surface area contributed by atoms with Crippen LogP contribution in [0, 0.1) is 11.3 Å². The number of aromatic amines is 1. The van der Waals surface area contributed by atoms with E-state index < -0.39 is 0 Å². The second kappa shape index (κ2) is 5.67. The van der Waals surface area contributed by atoms with Crippen LogP contribution in [-0.2, 0) is 17.6 Å². The van der Waals surface area contributed by atoms with Crippen molar-refractivity contribution >= 4 is 5.65 Å². The number of nitrogens with one attached hydrogen (secondary N) is 1. The topological polar surface area (TPSA) is 83.2 Å². The highest BCUT2D eigenvalue weighted by Crippen LogP contribution is 2.11. The van der Waals surface area contributed by atoms with Gasteiger partial charge in [0.05, 0.1) is 6.20 Å². The van der Waals surface area contributed by atoms with Crippen molar-refractivity contribution in [2.24, 2.45) is 0 Å². The highest BCUT2D eigenvalue weighted by atomic mass is 16.5. The summed E-state index contributed by atoms with van der Waals surface area (Å²) in [6.07, 6.45) is 3.59. The maximum absolute atomic E-state index is 12.3. The molecule has 0 saturated carbocycles. The Hall–Kier alpha value is -2.13. The molecule has 2 heterocycles. The molecular weight excluding hydrogens is 244 g/mol. The van der Waals surface area contributed by atoms with Gasteiger partial charge in [-0.25, -0.2) is 0 Å². The number of nitriles is 1. The molecule has 0 atom stereocenters. The third-order valence-electron chi connectivity index (χ3n) is 3.10. The average molecular weight is 260 g/mol. The molecule has 0 aliphatic rings. The second-order valence-electron chi connectivity index (χ2n) is 4.27. The molecule has 0 saturated heterocycles. The van der Waals surface area contributed by atoms with Gasteiger partial charge in [-0.15, -0.1) is 0 Å². The van der Waals surface area contributed by atoms with Gasteiger partial charge in [0.2, 0.25) is 0 Å². The summed E-state index contributed by atoms with van der Waals surface area (Å²) in [5.74, 6) is 0. The fourth-order valence-electron chi connectivity index (χ4n) is 2.15. The SMILES string of the molecule is CCc1c(CCCOC)[nH]c2c(C#N)cnn2c1=O. The fourth-order valence-corrected chi connectivity index (χ4v) is 2.15. The smallest absolute Gasteiger partial charge is 0.277 e. The maximum atomic E-state index is 12.3. The van der Waals surface area contributed by atoms with E-state index in [0.29, 0.717) is 24.2 Å². The molecule has 0 fully saturated rings. The van der Waals surface area contributed by atoms with Crippen LogP contribution in [0.4, 0.5) is 0 Å². The summed E-state index contributed by atoms with van der Waals surface area (Å²) in [5, 5.41) is 13.0. The van der Waals surface area contributed by atoms with Crippen LogP contribution in [0.15, 0.2) is 11.0 Å². The third-order valence-corrected chi connectivity index (χ3v) is 3.10. The van der Waals surface area contributed by atoms with Crippen LogP contribution < -0.4 is 5.56 Å². The quantitative estimate of drug-likeness (QED) is 0.814.